The minimum Gasteiger partial charge on any atom is -0.493 e. The Labute approximate surface area is 114 Å². The highest BCUT2D eigenvalue weighted by Gasteiger charge is 2.11. The van der Waals surface area contributed by atoms with Crippen molar-refractivity contribution in [2.24, 2.45) is 0 Å². The average Bonchev–Trinajstić information content (AvgIpc) is 2.39. The van der Waals surface area contributed by atoms with Crippen LogP contribution in [0.1, 0.15) is 5.56 Å². The van der Waals surface area contributed by atoms with Gasteiger partial charge in [0.15, 0.2) is 11.5 Å². The molecule has 1 atom stereocenters. The van der Waals surface area contributed by atoms with Crippen LogP contribution < -0.4 is 9.47 Å². The van der Waals surface area contributed by atoms with Gasteiger partial charge in [-0.3, -0.25) is 0 Å². The van der Waals surface area contributed by atoms with Crippen LogP contribution in [0.5, 0.6) is 11.5 Å². The van der Waals surface area contributed by atoms with Gasteiger partial charge in [0, 0.05) is 11.5 Å². The predicted molar refractivity (Wildman–Crippen MR) is 68.9 cm³/mol. The molecule has 0 spiro atoms. The van der Waals surface area contributed by atoms with Crippen molar-refractivity contribution in [3.63, 3.8) is 0 Å². The molecule has 0 heterocycles. The van der Waals surface area contributed by atoms with E-state index < -0.39 is 12.7 Å². The lowest BCUT2D eigenvalue weighted by Gasteiger charge is -2.12. The number of alkyl halides is 2. The summed E-state index contributed by atoms with van der Waals surface area (Å²) in [7, 11) is 1.38. The SMILES string of the molecule is COc1cc(CSCC(O)CO)ccc1OC(F)F. The van der Waals surface area contributed by atoms with Crippen LogP contribution in [-0.4, -0.2) is 42.4 Å². The van der Waals surface area contributed by atoms with Crippen molar-refractivity contribution in [2.75, 3.05) is 19.5 Å². The Morgan fingerprint density at radius 1 is 1.32 bits per heavy atom. The molecule has 0 saturated heterocycles. The molecular formula is C12H16F2O4S. The van der Waals surface area contributed by atoms with Crippen LogP contribution in [0.3, 0.4) is 0 Å². The molecule has 108 valence electrons. The van der Waals surface area contributed by atoms with E-state index >= 15 is 0 Å². The first-order valence-electron chi connectivity index (χ1n) is 5.55. The summed E-state index contributed by atoms with van der Waals surface area (Å²) in [5, 5.41) is 17.8. The molecule has 19 heavy (non-hydrogen) atoms. The number of rotatable bonds is 8. The Hall–Kier alpha value is -1.05. The summed E-state index contributed by atoms with van der Waals surface area (Å²) in [6, 6.07) is 4.68. The summed E-state index contributed by atoms with van der Waals surface area (Å²) in [5.41, 5.74) is 0.855. The standard InChI is InChI=1S/C12H16F2O4S/c1-17-11-4-8(6-19-7-9(16)5-15)2-3-10(11)18-12(13)14/h2-4,9,12,15-16H,5-7H2,1H3. The monoisotopic (exact) mass is 294 g/mol. The first kappa shape index (κ1) is 16.0. The third-order valence-electron chi connectivity index (χ3n) is 2.23. The lowest BCUT2D eigenvalue weighted by atomic mass is 10.2. The number of thioether (sulfide) groups is 1. The van der Waals surface area contributed by atoms with Gasteiger partial charge < -0.3 is 19.7 Å². The van der Waals surface area contributed by atoms with Crippen LogP contribution in [0.2, 0.25) is 0 Å². The van der Waals surface area contributed by atoms with Crippen molar-refractivity contribution in [1.29, 1.82) is 0 Å². The van der Waals surface area contributed by atoms with Gasteiger partial charge in [0.2, 0.25) is 0 Å². The molecule has 1 aromatic carbocycles. The van der Waals surface area contributed by atoms with Crippen LogP contribution in [-0.2, 0) is 5.75 Å². The van der Waals surface area contributed by atoms with E-state index in [9.17, 15) is 13.9 Å². The molecule has 0 aromatic heterocycles. The Morgan fingerprint density at radius 3 is 2.63 bits per heavy atom. The highest BCUT2D eigenvalue weighted by molar-refractivity contribution is 7.98. The van der Waals surface area contributed by atoms with Crippen LogP contribution in [0.25, 0.3) is 0 Å². The first-order valence-corrected chi connectivity index (χ1v) is 6.70. The number of benzene rings is 1. The second-order valence-corrected chi connectivity index (χ2v) is 4.75. The fourth-order valence-corrected chi connectivity index (χ4v) is 2.27. The molecule has 4 nitrogen and oxygen atoms in total. The van der Waals surface area contributed by atoms with Gasteiger partial charge in [0.1, 0.15) is 0 Å². The van der Waals surface area contributed by atoms with E-state index in [-0.39, 0.29) is 18.1 Å². The molecule has 1 unspecified atom stereocenters. The second-order valence-electron chi connectivity index (χ2n) is 3.72. The summed E-state index contributed by atoms with van der Waals surface area (Å²) in [6.07, 6.45) is -0.756. The maximum absolute atomic E-state index is 12.1. The predicted octanol–water partition coefficient (Wildman–Crippen LogP) is 1.88. The zero-order valence-corrected chi connectivity index (χ0v) is 11.2. The highest BCUT2D eigenvalue weighted by atomic mass is 32.2. The minimum absolute atomic E-state index is 0.0124. The quantitative estimate of drug-likeness (QED) is 0.766. The lowest BCUT2D eigenvalue weighted by molar-refractivity contribution is -0.0512. The Balaban J connectivity index is 2.61. The number of hydrogen-bond acceptors (Lipinski definition) is 5. The highest BCUT2D eigenvalue weighted by Crippen LogP contribution is 2.30. The fraction of sp³-hybridized carbons (Fsp3) is 0.500. The Bertz CT molecular complexity index is 390. The van der Waals surface area contributed by atoms with Crippen molar-refractivity contribution >= 4 is 11.8 Å². The number of ether oxygens (including phenoxy) is 2. The van der Waals surface area contributed by atoms with E-state index in [4.69, 9.17) is 9.84 Å². The molecule has 1 rings (SSSR count). The largest absolute Gasteiger partial charge is 0.493 e. The summed E-state index contributed by atoms with van der Waals surface area (Å²) < 4.78 is 33.6. The van der Waals surface area contributed by atoms with Gasteiger partial charge >= 0.3 is 6.61 Å². The third kappa shape index (κ3) is 5.63. The van der Waals surface area contributed by atoms with E-state index in [0.717, 1.165) is 5.56 Å². The van der Waals surface area contributed by atoms with Crippen molar-refractivity contribution in [3.05, 3.63) is 23.8 Å². The summed E-state index contributed by atoms with van der Waals surface area (Å²) >= 11 is 1.42. The van der Waals surface area contributed by atoms with Crippen molar-refractivity contribution in [2.45, 2.75) is 18.5 Å². The van der Waals surface area contributed by atoms with Gasteiger partial charge in [0.25, 0.3) is 0 Å². The number of methoxy groups -OCH3 is 1. The van der Waals surface area contributed by atoms with Crippen molar-refractivity contribution in [1.82, 2.24) is 0 Å². The fourth-order valence-electron chi connectivity index (χ4n) is 1.36. The van der Waals surface area contributed by atoms with Crippen molar-refractivity contribution < 1.29 is 28.5 Å². The zero-order chi connectivity index (χ0) is 14.3. The molecule has 0 fully saturated rings. The molecular weight excluding hydrogens is 278 g/mol. The summed E-state index contributed by atoms with van der Waals surface area (Å²) in [6.45, 7) is -3.17. The third-order valence-corrected chi connectivity index (χ3v) is 3.39. The molecule has 2 N–H and O–H groups in total. The number of hydrogen-bond donors (Lipinski definition) is 2. The van der Waals surface area contributed by atoms with E-state index in [1.165, 1.54) is 24.9 Å². The maximum atomic E-state index is 12.1. The molecule has 0 radical (unpaired) electrons. The van der Waals surface area contributed by atoms with Crippen LogP contribution in [0.4, 0.5) is 8.78 Å². The number of halogens is 2. The summed E-state index contributed by atoms with van der Waals surface area (Å²) in [4.78, 5) is 0. The topological polar surface area (TPSA) is 58.9 Å². The maximum Gasteiger partial charge on any atom is 0.387 e. The average molecular weight is 294 g/mol. The molecule has 1 aromatic rings. The van der Waals surface area contributed by atoms with Crippen LogP contribution in [0.15, 0.2) is 18.2 Å². The smallest absolute Gasteiger partial charge is 0.387 e. The van der Waals surface area contributed by atoms with Gasteiger partial charge in [0.05, 0.1) is 19.8 Å². The summed E-state index contributed by atoms with van der Waals surface area (Å²) in [5.74, 6) is 1.19. The van der Waals surface area contributed by atoms with Gasteiger partial charge in [-0.1, -0.05) is 6.07 Å². The second kappa shape index (κ2) is 8.19. The van der Waals surface area contributed by atoms with Crippen LogP contribution >= 0.6 is 11.8 Å². The van der Waals surface area contributed by atoms with Crippen molar-refractivity contribution in [3.8, 4) is 11.5 Å². The molecule has 0 saturated carbocycles. The number of aliphatic hydroxyl groups is 2. The molecule has 0 aliphatic carbocycles. The van der Waals surface area contributed by atoms with Gasteiger partial charge in [-0.25, -0.2) is 0 Å². The normalized spacial score (nSPS) is 12.5. The zero-order valence-electron chi connectivity index (χ0n) is 10.4. The van der Waals surface area contributed by atoms with Crippen LogP contribution in [0, 0.1) is 0 Å². The Kier molecular flexibility index (Phi) is 6.90. The first-order chi connectivity index (χ1) is 9.06. The van der Waals surface area contributed by atoms with Gasteiger partial charge in [-0.05, 0) is 17.7 Å². The van der Waals surface area contributed by atoms with E-state index in [1.807, 2.05) is 0 Å². The van der Waals surface area contributed by atoms with E-state index in [0.29, 0.717) is 11.5 Å². The number of aliphatic hydroxyl groups excluding tert-OH is 2. The Morgan fingerprint density at radius 2 is 2.05 bits per heavy atom. The minimum atomic E-state index is -2.89. The molecule has 7 heteroatoms. The molecule has 0 amide bonds. The van der Waals surface area contributed by atoms with Gasteiger partial charge in [-0.15, -0.1) is 0 Å². The molecule has 0 bridgehead atoms. The van der Waals surface area contributed by atoms with Gasteiger partial charge in [-0.2, -0.15) is 20.5 Å². The van der Waals surface area contributed by atoms with E-state index in [1.54, 1.807) is 12.1 Å². The lowest BCUT2D eigenvalue weighted by Crippen LogP contribution is -2.14. The van der Waals surface area contributed by atoms with E-state index in [2.05, 4.69) is 4.74 Å². The molecule has 0 aliphatic rings. The molecule has 0 aliphatic heterocycles.